The van der Waals surface area contributed by atoms with Crippen LogP contribution in [0.1, 0.15) is 48.7 Å². The highest BCUT2D eigenvalue weighted by Gasteiger charge is 2.55. The number of rotatable bonds is 19. The van der Waals surface area contributed by atoms with Gasteiger partial charge in [-0.3, -0.25) is 24.6 Å². The Balaban J connectivity index is 1.23. The van der Waals surface area contributed by atoms with Crippen molar-refractivity contribution in [2.45, 2.75) is 50.0 Å². The summed E-state index contributed by atoms with van der Waals surface area (Å²) in [6.45, 7) is 4.77. The number of benzene rings is 4. The van der Waals surface area contributed by atoms with Crippen molar-refractivity contribution in [2.24, 2.45) is 5.16 Å². The van der Waals surface area contributed by atoms with Crippen molar-refractivity contribution in [3.8, 4) is 5.75 Å². The molecule has 20 heteroatoms. The third kappa shape index (κ3) is 11.4. The first-order valence-corrected chi connectivity index (χ1v) is 24.9. The Bertz CT molecular complexity index is 2700. The van der Waals surface area contributed by atoms with Crippen LogP contribution >= 0.6 is 23.1 Å². The molecule has 0 spiro atoms. The van der Waals surface area contributed by atoms with Gasteiger partial charge in [0.1, 0.15) is 40.8 Å². The van der Waals surface area contributed by atoms with Gasteiger partial charge in [0.2, 0.25) is 12.0 Å². The number of hydrogen-bond acceptors (Lipinski definition) is 15. The number of anilines is 1. The lowest BCUT2D eigenvalue weighted by molar-refractivity contribution is -0.153. The van der Waals surface area contributed by atoms with Crippen molar-refractivity contribution in [3.63, 3.8) is 0 Å². The summed E-state index contributed by atoms with van der Waals surface area (Å²) in [4.78, 5) is 78.9. The maximum absolute atomic E-state index is 14.7. The molecule has 68 heavy (non-hydrogen) atoms. The summed E-state index contributed by atoms with van der Waals surface area (Å²) in [5.41, 5.74) is -0.127. The fourth-order valence-corrected chi connectivity index (χ4v) is 10.9. The summed E-state index contributed by atoms with van der Waals surface area (Å²) in [6.07, 6.45) is -0.396. The zero-order valence-electron chi connectivity index (χ0n) is 37.4. The molecule has 4 amide bonds. The number of esters is 1. The number of sulfone groups is 1. The van der Waals surface area contributed by atoms with Gasteiger partial charge in [-0.2, -0.15) is 0 Å². The third-order valence-electron chi connectivity index (χ3n) is 10.5. The molecule has 5 aromatic rings. The number of nitrogens with zero attached hydrogens (tertiary/aromatic N) is 3. The zero-order valence-corrected chi connectivity index (χ0v) is 39.8. The number of methoxy groups -OCH3 is 1. The highest BCUT2D eigenvalue weighted by atomic mass is 32.2. The molecule has 3 heterocycles. The molecule has 4 aromatic carbocycles. The highest BCUT2D eigenvalue weighted by Crippen LogP contribution is 2.43. The van der Waals surface area contributed by atoms with Crippen LogP contribution in [0.5, 0.6) is 5.75 Å². The molecule has 3 N–H and O–H groups in total. The minimum absolute atomic E-state index is 0.0131. The van der Waals surface area contributed by atoms with E-state index in [4.69, 9.17) is 19.0 Å². The van der Waals surface area contributed by atoms with E-state index in [1.165, 1.54) is 12.5 Å². The first-order valence-electron chi connectivity index (χ1n) is 21.2. The van der Waals surface area contributed by atoms with Crippen molar-refractivity contribution in [3.05, 3.63) is 160 Å². The van der Waals surface area contributed by atoms with Gasteiger partial charge in [0.25, 0.3) is 11.8 Å². The van der Waals surface area contributed by atoms with Crippen LogP contribution in [0.2, 0.25) is 0 Å². The normalized spacial score (nSPS) is 16.1. The van der Waals surface area contributed by atoms with Gasteiger partial charge in [-0.25, -0.2) is 23.0 Å². The summed E-state index contributed by atoms with van der Waals surface area (Å²) in [7, 11) is -2.37. The molecule has 2 atom stereocenters. The quantitative estimate of drug-likeness (QED) is 0.0170. The molecule has 7 rings (SSSR count). The second kappa shape index (κ2) is 21.3. The van der Waals surface area contributed by atoms with Gasteiger partial charge in [0.05, 0.1) is 18.6 Å². The van der Waals surface area contributed by atoms with E-state index in [9.17, 15) is 32.4 Å². The highest BCUT2D eigenvalue weighted by molar-refractivity contribution is 8.00. The van der Waals surface area contributed by atoms with E-state index < -0.39 is 67.8 Å². The standard InChI is InChI=1S/C48H48N6O11S3/c1-47(2,3)64-46(59)52-45-50-37(28-67-45)38(53-65-48(33-14-8-5-9-15-33,34-16-10-6-11-17-34)35-18-12-7-13-19-35)41(56)51-39-42(57)54-40(44(58)63-26-31-20-22-36(62-4)23-21-31)32(27-66-43(39)54)29-68(60,61)25-24-49-30-55/h5-23,28,30,39,43H,24-27,29H2,1-4H3,(H,49,55)(H,51,56)(H,50,52,59)/b53-38-/t39?,43-/m1/s1. The van der Waals surface area contributed by atoms with Crippen molar-refractivity contribution in [1.29, 1.82) is 0 Å². The van der Waals surface area contributed by atoms with Crippen LogP contribution in [0, 0.1) is 0 Å². The van der Waals surface area contributed by atoms with E-state index in [1.807, 2.05) is 91.0 Å². The van der Waals surface area contributed by atoms with Gasteiger partial charge in [-0.15, -0.1) is 23.1 Å². The predicted molar refractivity (Wildman–Crippen MR) is 256 cm³/mol. The van der Waals surface area contributed by atoms with Crippen LogP contribution in [0.15, 0.2) is 137 Å². The average Bonchev–Trinajstić information content (AvgIpc) is 3.79. The third-order valence-corrected chi connectivity index (χ3v) is 14.2. The Morgan fingerprint density at radius 1 is 0.897 bits per heavy atom. The van der Waals surface area contributed by atoms with E-state index >= 15 is 0 Å². The topological polar surface area (TPSA) is 221 Å². The van der Waals surface area contributed by atoms with Gasteiger partial charge in [0, 0.05) is 34.4 Å². The smallest absolute Gasteiger partial charge is 0.413 e. The molecule has 1 aromatic heterocycles. The largest absolute Gasteiger partial charge is 0.497 e. The lowest BCUT2D eigenvalue weighted by Gasteiger charge is -2.49. The number of carbonyl (C=O) groups is 5. The first-order chi connectivity index (χ1) is 32.6. The Kier molecular flexibility index (Phi) is 15.3. The Morgan fingerprint density at radius 2 is 1.50 bits per heavy atom. The number of β-lactam (4-membered cyclic amide) rings is 1. The minimum atomic E-state index is -3.89. The SMILES string of the molecule is COc1ccc(COC(=O)C2=C(CS(=O)(=O)CCNC=O)CS[C@@H]3C(NC(=O)/C(=N\OC(c4ccccc4)(c4ccccc4)c4ccccc4)c4csc(NC(=O)OC(C)(C)C)n4)C(=O)N23)cc1. The number of nitrogens with one attached hydrogen (secondary N) is 3. The summed E-state index contributed by atoms with van der Waals surface area (Å²) >= 11 is 2.14. The van der Waals surface area contributed by atoms with Gasteiger partial charge in [-0.05, 0) is 44.0 Å². The molecule has 354 valence electrons. The summed E-state index contributed by atoms with van der Waals surface area (Å²) < 4.78 is 42.7. The molecule has 1 fully saturated rings. The number of fused-ring (bicyclic) bond motifs is 1. The number of hydrogen-bond donors (Lipinski definition) is 3. The fraction of sp³-hybridized carbons (Fsp3) is 0.271. The Hall–Kier alpha value is -7.03. The molecule has 0 saturated carbocycles. The minimum Gasteiger partial charge on any atom is -0.497 e. The Morgan fingerprint density at radius 3 is 2.06 bits per heavy atom. The molecular formula is C48H48N6O11S3. The van der Waals surface area contributed by atoms with Crippen molar-refractivity contribution in [2.75, 3.05) is 36.2 Å². The number of ether oxygens (including phenoxy) is 3. The first kappa shape index (κ1) is 48.9. The van der Waals surface area contributed by atoms with Crippen LogP contribution in [-0.4, -0.2) is 102 Å². The number of aromatic nitrogens is 1. The van der Waals surface area contributed by atoms with E-state index in [0.717, 1.165) is 28.0 Å². The number of thioether (sulfide) groups is 1. The molecule has 0 aliphatic carbocycles. The number of amides is 4. The van der Waals surface area contributed by atoms with Crippen molar-refractivity contribution < 1.29 is 51.4 Å². The summed E-state index contributed by atoms with van der Waals surface area (Å²) in [5, 5.41) is 12.9. The number of carbonyl (C=O) groups excluding carboxylic acids is 5. The lowest BCUT2D eigenvalue weighted by atomic mass is 9.80. The van der Waals surface area contributed by atoms with Crippen LogP contribution in [0.25, 0.3) is 0 Å². The van der Waals surface area contributed by atoms with E-state index in [-0.39, 0.29) is 46.7 Å². The van der Waals surface area contributed by atoms with Crippen molar-refractivity contribution >= 4 is 74.1 Å². The molecule has 1 saturated heterocycles. The van der Waals surface area contributed by atoms with E-state index in [1.54, 1.807) is 45.0 Å². The van der Waals surface area contributed by atoms with Crippen LogP contribution in [-0.2, 0) is 55.5 Å². The second-order valence-electron chi connectivity index (χ2n) is 16.4. The van der Waals surface area contributed by atoms with Gasteiger partial charge < -0.3 is 29.7 Å². The molecule has 2 aliphatic rings. The molecule has 17 nitrogen and oxygen atoms in total. The van der Waals surface area contributed by atoms with Crippen LogP contribution < -0.4 is 20.7 Å². The second-order valence-corrected chi connectivity index (χ2v) is 20.5. The zero-order chi connectivity index (χ0) is 48.5. The van der Waals surface area contributed by atoms with Gasteiger partial charge in [0.15, 0.2) is 20.7 Å². The van der Waals surface area contributed by atoms with Crippen molar-refractivity contribution in [1.82, 2.24) is 20.5 Å². The van der Waals surface area contributed by atoms with Gasteiger partial charge >= 0.3 is 12.1 Å². The summed E-state index contributed by atoms with van der Waals surface area (Å²) in [6, 6.07) is 33.4. The molecule has 0 bridgehead atoms. The van der Waals surface area contributed by atoms with Crippen LogP contribution in [0.4, 0.5) is 9.93 Å². The molecule has 0 radical (unpaired) electrons. The monoisotopic (exact) mass is 980 g/mol. The number of oxime groups is 1. The maximum atomic E-state index is 14.7. The maximum Gasteiger partial charge on any atom is 0.413 e. The molecular weight excluding hydrogens is 933 g/mol. The fourth-order valence-electron chi connectivity index (χ4n) is 7.37. The number of thiazole rings is 1. The van der Waals surface area contributed by atoms with E-state index in [0.29, 0.717) is 34.4 Å². The van der Waals surface area contributed by atoms with E-state index in [2.05, 4.69) is 26.1 Å². The van der Waals surface area contributed by atoms with Crippen LogP contribution in [0.3, 0.4) is 0 Å². The average molecular weight is 981 g/mol. The lowest BCUT2D eigenvalue weighted by Crippen LogP contribution is -2.71. The van der Waals surface area contributed by atoms with Gasteiger partial charge in [-0.1, -0.05) is 108 Å². The summed E-state index contributed by atoms with van der Waals surface area (Å²) in [5.74, 6) is -2.99. The molecule has 2 aliphatic heterocycles. The molecule has 1 unspecified atom stereocenters. The Labute approximate surface area is 401 Å². The predicted octanol–water partition coefficient (Wildman–Crippen LogP) is 5.77.